The van der Waals surface area contributed by atoms with Crippen LogP contribution in [0.4, 0.5) is 0 Å². The smallest absolute Gasteiger partial charge is 0.397 e. The van der Waals surface area contributed by atoms with Gasteiger partial charge in [-0.05, 0) is 64.2 Å². The van der Waals surface area contributed by atoms with Gasteiger partial charge in [0.25, 0.3) is 0 Å². The van der Waals surface area contributed by atoms with Crippen LogP contribution in [0, 0.1) is 0 Å². The lowest BCUT2D eigenvalue weighted by Gasteiger charge is -2.41. The molecule has 1 rings (SSSR count). The molecule has 0 saturated carbocycles. The molecule has 54 heavy (non-hydrogen) atoms. The SMILES string of the molecule is CC/C=C\C/C=C\C/C=C\C/C=C\C/C=C\C/C=C\CCCCCCCCCOCC(COC1OC(CO)C(O)C(OS(=O)(=O)O)C1O)OC(=O)CCC. The molecule has 12 nitrogen and oxygen atoms in total. The highest BCUT2D eigenvalue weighted by Gasteiger charge is 2.48. The highest BCUT2D eigenvalue weighted by Crippen LogP contribution is 2.26. The summed E-state index contributed by atoms with van der Waals surface area (Å²) in [6.07, 6.45) is 32.8. The lowest BCUT2D eigenvalue weighted by molar-refractivity contribution is -0.301. The van der Waals surface area contributed by atoms with Crippen LogP contribution in [0.2, 0.25) is 0 Å². The summed E-state index contributed by atoms with van der Waals surface area (Å²) in [6, 6.07) is 0. The fraction of sp³-hybridized carbons (Fsp3) is 0.683. The van der Waals surface area contributed by atoms with E-state index in [-0.39, 0.29) is 19.6 Å². The van der Waals surface area contributed by atoms with E-state index in [2.05, 4.69) is 84.0 Å². The van der Waals surface area contributed by atoms with Crippen molar-refractivity contribution in [1.29, 1.82) is 0 Å². The van der Waals surface area contributed by atoms with Crippen LogP contribution in [0.1, 0.15) is 117 Å². The second kappa shape index (κ2) is 32.8. The summed E-state index contributed by atoms with van der Waals surface area (Å²) in [5.74, 6) is -0.461. The Morgan fingerprint density at radius 2 is 1.24 bits per heavy atom. The Labute approximate surface area is 324 Å². The lowest BCUT2D eigenvalue weighted by atomic mass is 9.99. The third-order valence-electron chi connectivity index (χ3n) is 8.31. The van der Waals surface area contributed by atoms with Crippen LogP contribution >= 0.6 is 0 Å². The molecule has 1 aliphatic rings. The van der Waals surface area contributed by atoms with Crippen LogP contribution in [0.5, 0.6) is 0 Å². The molecule has 0 aromatic carbocycles. The first-order valence-corrected chi connectivity index (χ1v) is 21.1. The van der Waals surface area contributed by atoms with E-state index in [0.717, 1.165) is 70.6 Å². The van der Waals surface area contributed by atoms with Crippen molar-refractivity contribution < 1.29 is 56.2 Å². The molecule has 0 aromatic rings. The second-order valence-corrected chi connectivity index (χ2v) is 14.2. The standard InChI is InChI=1S/C41H68O12S/c1-3-5-6-7-8-9-10-11-12-13-14-15-16-17-18-19-20-21-22-23-24-25-26-27-28-29-31-49-33-35(51-37(43)30-4-2)34-50-41-39(45)40(53-54(46,47)48)38(44)36(32-42)52-41/h5-6,8-9,11-12,14-15,17-18,20-21,35-36,38-42,44-45H,3-4,7,10,13,16,19,22-34H2,1-2H3,(H,46,47,48)/b6-5-,9-8-,12-11-,15-14-,18-17-,21-20-. The van der Waals surface area contributed by atoms with Gasteiger partial charge in [-0.3, -0.25) is 9.35 Å². The molecule has 0 spiro atoms. The van der Waals surface area contributed by atoms with Gasteiger partial charge in [0.2, 0.25) is 0 Å². The van der Waals surface area contributed by atoms with Crippen molar-refractivity contribution in [1.82, 2.24) is 0 Å². The fourth-order valence-electron chi connectivity index (χ4n) is 5.42. The molecule has 6 atom stereocenters. The summed E-state index contributed by atoms with van der Waals surface area (Å²) in [7, 11) is -5.05. The summed E-state index contributed by atoms with van der Waals surface area (Å²) >= 11 is 0. The van der Waals surface area contributed by atoms with Gasteiger partial charge in [-0.25, -0.2) is 4.18 Å². The number of rotatable bonds is 32. The minimum Gasteiger partial charge on any atom is -0.457 e. The predicted octanol–water partition coefficient (Wildman–Crippen LogP) is 7.18. The number of esters is 1. The molecule has 6 unspecified atom stereocenters. The zero-order valence-electron chi connectivity index (χ0n) is 32.5. The minimum atomic E-state index is -5.05. The first-order valence-electron chi connectivity index (χ1n) is 19.7. The molecule has 4 N–H and O–H groups in total. The van der Waals surface area contributed by atoms with Crippen molar-refractivity contribution in [3.05, 3.63) is 72.9 Å². The Bertz CT molecular complexity index is 1230. The van der Waals surface area contributed by atoms with Gasteiger partial charge in [-0.2, -0.15) is 8.42 Å². The van der Waals surface area contributed by atoms with Crippen molar-refractivity contribution >= 4 is 16.4 Å². The van der Waals surface area contributed by atoms with Crippen molar-refractivity contribution in [2.24, 2.45) is 0 Å². The van der Waals surface area contributed by atoms with E-state index in [1.165, 1.54) is 19.3 Å². The van der Waals surface area contributed by atoms with Crippen molar-refractivity contribution in [3.63, 3.8) is 0 Å². The van der Waals surface area contributed by atoms with E-state index in [4.69, 9.17) is 23.5 Å². The van der Waals surface area contributed by atoms with Gasteiger partial charge in [0, 0.05) is 13.0 Å². The molecule has 310 valence electrons. The Balaban J connectivity index is 2.17. The second-order valence-electron chi connectivity index (χ2n) is 13.1. The van der Waals surface area contributed by atoms with Crippen LogP contribution in [-0.2, 0) is 38.3 Å². The van der Waals surface area contributed by atoms with Gasteiger partial charge in [-0.1, -0.05) is 119 Å². The van der Waals surface area contributed by atoms with E-state index in [1.807, 2.05) is 6.92 Å². The monoisotopic (exact) mass is 784 g/mol. The molecule has 1 fully saturated rings. The number of aliphatic hydroxyl groups excluding tert-OH is 3. The van der Waals surface area contributed by atoms with E-state index < -0.39 is 59.8 Å². The molecule has 1 saturated heterocycles. The molecule has 0 bridgehead atoms. The van der Waals surface area contributed by atoms with Gasteiger partial charge in [0.1, 0.15) is 30.5 Å². The maximum absolute atomic E-state index is 12.2. The fourth-order valence-corrected chi connectivity index (χ4v) is 5.93. The minimum absolute atomic E-state index is 0.0177. The number of ether oxygens (including phenoxy) is 4. The number of hydrogen-bond donors (Lipinski definition) is 4. The lowest BCUT2D eigenvalue weighted by Crippen LogP contribution is -2.60. The number of carbonyl (C=O) groups excluding carboxylic acids is 1. The largest absolute Gasteiger partial charge is 0.457 e. The van der Waals surface area contributed by atoms with E-state index in [9.17, 15) is 28.5 Å². The summed E-state index contributed by atoms with van der Waals surface area (Å²) in [5.41, 5.74) is 0. The van der Waals surface area contributed by atoms with E-state index >= 15 is 0 Å². The van der Waals surface area contributed by atoms with Crippen LogP contribution in [-0.4, -0.2) is 97.5 Å². The van der Waals surface area contributed by atoms with E-state index in [1.54, 1.807) is 0 Å². The average Bonchev–Trinajstić information content (AvgIpc) is 3.13. The first-order chi connectivity index (χ1) is 26.1. The van der Waals surface area contributed by atoms with Crippen LogP contribution in [0.25, 0.3) is 0 Å². The molecule has 0 amide bonds. The molecular formula is C41H68O12S. The number of allylic oxidation sites excluding steroid dienone is 12. The normalized spacial score (nSPS) is 21.9. The Morgan fingerprint density at radius 3 is 1.76 bits per heavy atom. The van der Waals surface area contributed by atoms with Gasteiger partial charge in [0.05, 0.1) is 19.8 Å². The summed E-state index contributed by atoms with van der Waals surface area (Å²) < 4.78 is 58.0. The van der Waals surface area contributed by atoms with Crippen molar-refractivity contribution in [2.45, 2.75) is 153 Å². The van der Waals surface area contributed by atoms with Crippen LogP contribution in [0.15, 0.2) is 72.9 Å². The topological polar surface area (TPSA) is 178 Å². The molecule has 1 heterocycles. The molecule has 0 aliphatic carbocycles. The molecule has 0 aromatic heterocycles. The molecule has 0 radical (unpaired) electrons. The van der Waals surface area contributed by atoms with Gasteiger partial charge in [-0.15, -0.1) is 0 Å². The zero-order valence-corrected chi connectivity index (χ0v) is 33.3. The maximum Gasteiger partial charge on any atom is 0.397 e. The molecule has 1 aliphatic heterocycles. The Kier molecular flexibility index (Phi) is 30.1. The highest BCUT2D eigenvalue weighted by molar-refractivity contribution is 7.80. The summed E-state index contributed by atoms with van der Waals surface area (Å²) in [4.78, 5) is 12.2. The van der Waals surface area contributed by atoms with Crippen LogP contribution in [0.3, 0.4) is 0 Å². The zero-order chi connectivity index (χ0) is 39.7. The molecule has 13 heteroatoms. The number of hydrogen-bond acceptors (Lipinski definition) is 11. The van der Waals surface area contributed by atoms with E-state index in [0.29, 0.717) is 13.0 Å². The number of carbonyl (C=O) groups is 1. The third kappa shape index (κ3) is 26.4. The third-order valence-corrected chi connectivity index (χ3v) is 8.78. The quantitative estimate of drug-likeness (QED) is 0.0234. The van der Waals surface area contributed by atoms with Crippen LogP contribution < -0.4 is 0 Å². The van der Waals surface area contributed by atoms with Gasteiger partial charge in [0.15, 0.2) is 6.29 Å². The van der Waals surface area contributed by atoms with Gasteiger partial charge < -0.3 is 34.3 Å². The summed E-state index contributed by atoms with van der Waals surface area (Å²) in [5, 5.41) is 30.2. The first kappa shape index (κ1) is 49.6. The summed E-state index contributed by atoms with van der Waals surface area (Å²) in [6.45, 7) is 3.41. The number of unbranched alkanes of at least 4 members (excludes halogenated alkanes) is 7. The number of aliphatic hydroxyl groups is 3. The maximum atomic E-state index is 12.2. The molecular weight excluding hydrogens is 717 g/mol. The Morgan fingerprint density at radius 1 is 0.722 bits per heavy atom. The average molecular weight is 785 g/mol. The Hall–Kier alpha value is -2.46. The highest BCUT2D eigenvalue weighted by atomic mass is 32.3. The van der Waals surface area contributed by atoms with Gasteiger partial charge >= 0.3 is 16.4 Å². The predicted molar refractivity (Wildman–Crippen MR) is 211 cm³/mol. The van der Waals surface area contributed by atoms with Crippen molar-refractivity contribution in [2.75, 3.05) is 26.4 Å². The van der Waals surface area contributed by atoms with Crippen molar-refractivity contribution in [3.8, 4) is 0 Å².